The molecule has 1 nitrogen and oxygen atoms in total. The van der Waals surface area contributed by atoms with Crippen LogP contribution in [0.15, 0.2) is 24.3 Å². The van der Waals surface area contributed by atoms with Crippen molar-refractivity contribution >= 4 is 20.1 Å². The van der Waals surface area contributed by atoms with Gasteiger partial charge in [0.2, 0.25) is 0 Å². The fraction of sp³-hybridized carbons (Fsp3) is 0.333. The number of aryl methyl sites for hydroxylation is 1. The second kappa shape index (κ2) is 3.80. The maximum atomic E-state index is 3.51. The summed E-state index contributed by atoms with van der Waals surface area (Å²) in [6, 6.07) is 8.43. The maximum Gasteiger partial charge on any atom is 0.404 e. The van der Waals surface area contributed by atoms with Crippen molar-refractivity contribution < 1.29 is 0 Å². The van der Waals surface area contributed by atoms with Gasteiger partial charge in [-0.1, -0.05) is 29.8 Å². The summed E-state index contributed by atoms with van der Waals surface area (Å²) in [6.07, 6.45) is 0. The summed E-state index contributed by atoms with van der Waals surface area (Å²) in [5.74, 6) is 4.57. The van der Waals surface area contributed by atoms with E-state index in [1.54, 1.807) is 0 Å². The predicted octanol–water partition coefficient (Wildman–Crippen LogP) is 2.66. The van der Waals surface area contributed by atoms with Crippen LogP contribution in [0.25, 0.3) is 0 Å². The van der Waals surface area contributed by atoms with E-state index < -0.39 is 14.4 Å². The summed E-state index contributed by atoms with van der Waals surface area (Å²) in [5.41, 5.74) is 2.64. The SMILES string of the molecule is Cc1ccccc1[NH][Al]([CH3])[CH3]. The number of para-hydroxylation sites is 1. The van der Waals surface area contributed by atoms with Crippen molar-refractivity contribution in [1.82, 2.24) is 0 Å². The Morgan fingerprint density at radius 2 is 1.82 bits per heavy atom. The monoisotopic (exact) mass is 163 g/mol. The molecule has 58 valence electrons. The molecule has 0 aliphatic rings. The molecule has 0 heterocycles. The first-order valence-corrected chi connectivity index (χ1v) is 6.91. The molecular weight excluding hydrogens is 149 g/mol. The lowest BCUT2D eigenvalue weighted by atomic mass is 10.2. The minimum Gasteiger partial charge on any atom is -0.476 e. The summed E-state index contributed by atoms with van der Waals surface area (Å²) in [4.78, 5) is 0. The van der Waals surface area contributed by atoms with Crippen LogP contribution < -0.4 is 4.30 Å². The molecule has 0 fully saturated rings. The Bertz CT molecular complexity index is 233. The third kappa shape index (κ3) is 2.57. The molecule has 0 aromatic heterocycles. The van der Waals surface area contributed by atoms with Crippen LogP contribution in [0.4, 0.5) is 5.69 Å². The zero-order valence-electron chi connectivity index (χ0n) is 7.39. The Balaban J connectivity index is 2.78. The van der Waals surface area contributed by atoms with Crippen LogP contribution in [0.2, 0.25) is 11.6 Å². The molecule has 0 amide bonds. The molecule has 1 N–H and O–H groups in total. The van der Waals surface area contributed by atoms with Gasteiger partial charge in [0.1, 0.15) is 0 Å². The normalized spacial score (nSPS) is 9.36. The van der Waals surface area contributed by atoms with Gasteiger partial charge in [0.25, 0.3) is 0 Å². The highest BCUT2D eigenvalue weighted by atomic mass is 27.2. The molecule has 1 aromatic carbocycles. The standard InChI is InChI=1S/C7H8N.2CH3.Al/c1-6-4-2-3-5-7(6)8;;;/h2-5,8H,1H3;2*1H3;/q-1;;;+1. The highest BCUT2D eigenvalue weighted by Gasteiger charge is 2.03. The molecule has 1 aromatic rings. The zero-order valence-corrected chi connectivity index (χ0v) is 8.54. The molecule has 0 atom stereocenters. The number of rotatable bonds is 2. The maximum absolute atomic E-state index is 3.51. The Morgan fingerprint density at radius 1 is 1.18 bits per heavy atom. The van der Waals surface area contributed by atoms with Crippen LogP contribution in [-0.4, -0.2) is 14.4 Å². The largest absolute Gasteiger partial charge is 0.476 e. The van der Waals surface area contributed by atoms with Crippen LogP contribution in [0.5, 0.6) is 0 Å². The molecule has 0 aliphatic carbocycles. The summed E-state index contributed by atoms with van der Waals surface area (Å²) >= 11 is -0.675. The van der Waals surface area contributed by atoms with Crippen molar-refractivity contribution in [3.63, 3.8) is 0 Å². The Kier molecular flexibility index (Phi) is 2.99. The summed E-state index contributed by atoms with van der Waals surface area (Å²) in [5, 5.41) is 0. The molecular formula is C9H14AlN. The van der Waals surface area contributed by atoms with E-state index in [1.165, 1.54) is 11.3 Å². The topological polar surface area (TPSA) is 12.0 Å². The van der Waals surface area contributed by atoms with Gasteiger partial charge in [-0.05, 0) is 18.6 Å². The van der Waals surface area contributed by atoms with Gasteiger partial charge in [-0.25, -0.2) is 0 Å². The second-order valence-corrected chi connectivity index (χ2v) is 5.71. The van der Waals surface area contributed by atoms with Gasteiger partial charge >= 0.3 is 14.4 Å². The van der Waals surface area contributed by atoms with E-state index in [2.05, 4.69) is 47.1 Å². The second-order valence-electron chi connectivity index (χ2n) is 3.11. The Hall–Kier alpha value is -0.448. The highest BCUT2D eigenvalue weighted by molar-refractivity contribution is 6.59. The smallest absolute Gasteiger partial charge is 0.404 e. The Labute approximate surface area is 73.0 Å². The molecule has 0 aliphatic heterocycles. The molecule has 0 spiro atoms. The predicted molar refractivity (Wildman–Crippen MR) is 52.3 cm³/mol. The molecule has 1 rings (SSSR count). The van der Waals surface area contributed by atoms with E-state index in [0.29, 0.717) is 0 Å². The van der Waals surface area contributed by atoms with E-state index in [-0.39, 0.29) is 0 Å². The van der Waals surface area contributed by atoms with E-state index in [9.17, 15) is 0 Å². The van der Waals surface area contributed by atoms with Gasteiger partial charge in [0.15, 0.2) is 0 Å². The molecule has 11 heavy (non-hydrogen) atoms. The minimum atomic E-state index is -0.675. The van der Waals surface area contributed by atoms with Crippen LogP contribution >= 0.6 is 0 Å². The number of nitrogens with one attached hydrogen (secondary N) is 1. The quantitative estimate of drug-likeness (QED) is 0.661. The average Bonchev–Trinajstić information content (AvgIpc) is 1.93. The zero-order chi connectivity index (χ0) is 8.27. The molecule has 0 unspecified atom stereocenters. The van der Waals surface area contributed by atoms with Crippen LogP contribution in [0, 0.1) is 6.92 Å². The lowest BCUT2D eigenvalue weighted by Gasteiger charge is -2.09. The van der Waals surface area contributed by atoms with Crippen LogP contribution in [0.3, 0.4) is 0 Å². The molecule has 0 saturated heterocycles. The van der Waals surface area contributed by atoms with E-state index in [1.807, 2.05) is 0 Å². The molecule has 0 saturated carbocycles. The number of hydrogen-bond donors (Lipinski definition) is 1. The minimum absolute atomic E-state index is 0.675. The van der Waals surface area contributed by atoms with Gasteiger partial charge in [0, 0.05) is 5.69 Å². The van der Waals surface area contributed by atoms with Crippen molar-refractivity contribution in [3.05, 3.63) is 29.8 Å². The Morgan fingerprint density at radius 3 is 2.36 bits per heavy atom. The third-order valence-electron chi connectivity index (χ3n) is 1.59. The first kappa shape index (κ1) is 8.65. The van der Waals surface area contributed by atoms with Crippen molar-refractivity contribution in [1.29, 1.82) is 0 Å². The average molecular weight is 163 g/mol. The summed E-state index contributed by atoms with van der Waals surface area (Å²) in [7, 11) is 0. The van der Waals surface area contributed by atoms with Gasteiger partial charge in [-0.3, -0.25) is 0 Å². The van der Waals surface area contributed by atoms with Crippen molar-refractivity contribution in [2.45, 2.75) is 18.5 Å². The van der Waals surface area contributed by atoms with Gasteiger partial charge in [-0.2, -0.15) is 0 Å². The lowest BCUT2D eigenvalue weighted by Crippen LogP contribution is -2.15. The van der Waals surface area contributed by atoms with Crippen LogP contribution in [-0.2, 0) is 0 Å². The fourth-order valence-corrected chi connectivity index (χ4v) is 1.99. The van der Waals surface area contributed by atoms with Gasteiger partial charge in [-0.15, -0.1) is 0 Å². The highest BCUT2D eigenvalue weighted by Crippen LogP contribution is 2.12. The number of hydrogen-bond acceptors (Lipinski definition) is 1. The lowest BCUT2D eigenvalue weighted by molar-refractivity contribution is 1.46. The van der Waals surface area contributed by atoms with E-state index >= 15 is 0 Å². The molecule has 2 heteroatoms. The van der Waals surface area contributed by atoms with Gasteiger partial charge in [0.05, 0.1) is 0 Å². The van der Waals surface area contributed by atoms with Gasteiger partial charge < -0.3 is 4.30 Å². The first-order chi connectivity index (χ1) is 5.20. The summed E-state index contributed by atoms with van der Waals surface area (Å²) in [6.45, 7) is 2.14. The van der Waals surface area contributed by atoms with Crippen molar-refractivity contribution in [3.8, 4) is 0 Å². The third-order valence-corrected chi connectivity index (χ3v) is 2.48. The fourth-order valence-electron chi connectivity index (χ4n) is 1.05. The summed E-state index contributed by atoms with van der Waals surface area (Å²) < 4.78 is 3.51. The van der Waals surface area contributed by atoms with Crippen LogP contribution in [0.1, 0.15) is 5.56 Å². The number of anilines is 1. The van der Waals surface area contributed by atoms with Crippen molar-refractivity contribution in [2.75, 3.05) is 4.30 Å². The van der Waals surface area contributed by atoms with Crippen molar-refractivity contribution in [2.24, 2.45) is 0 Å². The molecule has 0 bridgehead atoms. The first-order valence-electron chi connectivity index (χ1n) is 4.02. The van der Waals surface area contributed by atoms with E-state index in [4.69, 9.17) is 0 Å². The number of benzene rings is 1. The van der Waals surface area contributed by atoms with E-state index in [0.717, 1.165) is 0 Å². The molecule has 0 radical (unpaired) electrons.